The lowest BCUT2D eigenvalue weighted by molar-refractivity contribution is -0.126. The van der Waals surface area contributed by atoms with E-state index in [0.29, 0.717) is 33.4 Å². The Morgan fingerprint density at radius 1 is 0.514 bits per heavy atom. The molecule has 8 aromatic rings. The molecule has 2 N–H and O–H groups in total. The first-order valence-electron chi connectivity index (χ1n) is 24.3. The summed E-state index contributed by atoms with van der Waals surface area (Å²) in [5.41, 5.74) is 5.43. The maximum atomic E-state index is 14.7. The molecule has 372 valence electrons. The molecule has 74 heavy (non-hydrogen) atoms. The van der Waals surface area contributed by atoms with Crippen LogP contribution in [0.1, 0.15) is 43.7 Å². The molecule has 15 rings (SSSR count). The number of fused-ring (bicyclic) bond motifs is 12. The fourth-order valence-electron chi connectivity index (χ4n) is 12.9. The Morgan fingerprint density at radius 3 is 1.28 bits per heavy atom. The van der Waals surface area contributed by atoms with Crippen LogP contribution in [0.25, 0.3) is 22.1 Å². The number of ether oxygens (including phenoxy) is 2. The normalized spacial score (nSPS) is 27.4. The molecule has 3 saturated heterocycles. The van der Waals surface area contributed by atoms with Crippen LogP contribution in [-0.2, 0) is 30.1 Å². The van der Waals surface area contributed by atoms with Gasteiger partial charge in [-0.15, -0.1) is 0 Å². The van der Waals surface area contributed by atoms with Gasteiger partial charge in [0.2, 0.25) is 0 Å². The number of thioether (sulfide) groups is 2. The highest BCUT2D eigenvalue weighted by molar-refractivity contribution is 8.02. The van der Waals surface area contributed by atoms with E-state index in [-0.39, 0.29) is 35.5 Å². The Hall–Kier alpha value is -6.34. The van der Waals surface area contributed by atoms with E-state index < -0.39 is 20.6 Å². The van der Waals surface area contributed by atoms with Crippen LogP contribution in [0, 0.1) is 0 Å². The molecule has 9 heterocycles. The summed E-state index contributed by atoms with van der Waals surface area (Å²) in [6.45, 7) is 4.10. The molecule has 3 fully saturated rings. The van der Waals surface area contributed by atoms with Crippen molar-refractivity contribution in [2.45, 2.75) is 42.7 Å². The second-order valence-electron chi connectivity index (χ2n) is 19.3. The van der Waals surface area contributed by atoms with Gasteiger partial charge in [-0.25, -0.2) is 9.97 Å². The third-order valence-electron chi connectivity index (χ3n) is 15.8. The van der Waals surface area contributed by atoms with Crippen molar-refractivity contribution in [3.8, 4) is 0 Å². The number of likely N-dealkylation sites (tertiary alicyclic amines) is 2. The van der Waals surface area contributed by atoms with Crippen molar-refractivity contribution in [1.82, 2.24) is 28.9 Å². The standard InChI is InChI=1S/2C26H19ClN4O2S.C4H8O2/c2*1-30-14-17(15-8-2-4-10-18(15)27)26(25(30)16-9-3-5-11-19(16)28-22(25)32)23(33)31-21-13-7-6-12-20(21)29-24(31)34-26;1-2-6-4-3-5-1/h2*2-13,17H,14H2,1H3,(H,28,32);1-4H2/t2*17-,25+,26-;/m10./s1. The van der Waals surface area contributed by atoms with Gasteiger partial charge in [0, 0.05) is 57.5 Å². The van der Waals surface area contributed by atoms with Crippen molar-refractivity contribution in [2.24, 2.45) is 0 Å². The van der Waals surface area contributed by atoms with Crippen LogP contribution >= 0.6 is 46.7 Å². The third kappa shape index (κ3) is 6.25. The molecule has 7 aliphatic heterocycles. The Kier molecular flexibility index (Phi) is 11.3. The van der Waals surface area contributed by atoms with Gasteiger partial charge in [0.1, 0.15) is 9.49 Å². The van der Waals surface area contributed by atoms with Crippen LogP contribution in [0.5, 0.6) is 0 Å². The molecule has 6 aromatic carbocycles. The molecule has 6 atom stereocenters. The topological polar surface area (TPSA) is 153 Å². The number of aromatic nitrogens is 4. The first kappa shape index (κ1) is 47.4. The number of likely N-dealkylation sites (N-methyl/N-ethyl adjacent to an activating group) is 2. The van der Waals surface area contributed by atoms with Gasteiger partial charge in [0.15, 0.2) is 21.4 Å². The molecule has 2 aromatic heterocycles. The van der Waals surface area contributed by atoms with Gasteiger partial charge in [-0.3, -0.25) is 38.1 Å². The lowest BCUT2D eigenvalue weighted by Gasteiger charge is -2.41. The SMILES string of the molecule is C1COCCO1.CN1C[C@@H](c2ccccc2Cl)[C@@]2(Sc3nc4ccccc4n3C2=O)[C@@]12C(=O)Nc1ccccc12.CN1C[C@H](c2ccccc2Cl)[C@]2(Sc3nc4ccccc4n3C2=O)[C@]12C(=O)Nc1ccccc12. The van der Waals surface area contributed by atoms with Crippen molar-refractivity contribution in [3.05, 3.63) is 178 Å². The molecule has 0 bridgehead atoms. The zero-order valence-corrected chi connectivity index (χ0v) is 43.1. The van der Waals surface area contributed by atoms with Crippen LogP contribution in [-0.4, -0.2) is 116 Å². The van der Waals surface area contributed by atoms with Crippen molar-refractivity contribution in [2.75, 3.05) is 64.2 Å². The van der Waals surface area contributed by atoms with Crippen LogP contribution < -0.4 is 10.6 Å². The molecular weight excluding hydrogens is 1020 g/mol. The van der Waals surface area contributed by atoms with Crippen molar-refractivity contribution >= 4 is 104 Å². The van der Waals surface area contributed by atoms with Gasteiger partial charge in [-0.1, -0.05) is 144 Å². The third-order valence-corrected chi connectivity index (χ3v) is 19.6. The van der Waals surface area contributed by atoms with Crippen molar-refractivity contribution in [3.63, 3.8) is 0 Å². The number of halogens is 2. The number of benzene rings is 6. The summed E-state index contributed by atoms with van der Waals surface area (Å²) >= 11 is 16.2. The smallest absolute Gasteiger partial charge is 0.253 e. The highest BCUT2D eigenvalue weighted by Crippen LogP contribution is 2.69. The first-order chi connectivity index (χ1) is 36.0. The second-order valence-corrected chi connectivity index (χ2v) is 22.5. The number of carbonyl (C=O) groups is 4. The lowest BCUT2D eigenvalue weighted by atomic mass is 9.72. The highest BCUT2D eigenvalue weighted by atomic mass is 35.5. The molecule has 4 spiro atoms. The van der Waals surface area contributed by atoms with E-state index in [4.69, 9.17) is 42.6 Å². The number of carbonyl (C=O) groups excluding carboxylic acids is 4. The minimum absolute atomic E-state index is 0.137. The maximum Gasteiger partial charge on any atom is 0.253 e. The number of rotatable bonds is 2. The van der Waals surface area contributed by atoms with Crippen molar-refractivity contribution < 1.29 is 28.7 Å². The summed E-state index contributed by atoms with van der Waals surface area (Å²) in [6.07, 6.45) is 0. The number of nitrogens with zero attached hydrogens (tertiary/aromatic N) is 6. The van der Waals surface area contributed by atoms with E-state index >= 15 is 0 Å². The number of para-hydroxylation sites is 6. The average molecular weight is 1060 g/mol. The van der Waals surface area contributed by atoms with Crippen LogP contribution in [0.15, 0.2) is 156 Å². The van der Waals surface area contributed by atoms with E-state index in [1.807, 2.05) is 169 Å². The Balaban J connectivity index is 0.000000128. The number of hydrogen-bond acceptors (Lipinski definition) is 12. The van der Waals surface area contributed by atoms with Gasteiger partial charge in [-0.2, -0.15) is 0 Å². The summed E-state index contributed by atoms with van der Waals surface area (Å²) in [5.74, 6) is -1.32. The van der Waals surface area contributed by atoms with E-state index in [2.05, 4.69) is 10.6 Å². The van der Waals surface area contributed by atoms with Gasteiger partial charge in [-0.05, 0) is 73.8 Å². The monoisotopic (exact) mass is 1060 g/mol. The van der Waals surface area contributed by atoms with Crippen molar-refractivity contribution in [1.29, 1.82) is 0 Å². The molecule has 0 saturated carbocycles. The molecule has 0 unspecified atom stereocenters. The summed E-state index contributed by atoms with van der Waals surface area (Å²) in [4.78, 5) is 71.0. The first-order valence-corrected chi connectivity index (χ1v) is 26.7. The number of hydrogen-bond donors (Lipinski definition) is 2. The quantitative estimate of drug-likeness (QED) is 0.170. The number of imidazole rings is 2. The Labute approximate surface area is 443 Å². The van der Waals surface area contributed by atoms with E-state index in [9.17, 15) is 19.2 Å². The Morgan fingerprint density at radius 2 is 0.878 bits per heavy atom. The molecular formula is C56H46Cl2N8O6S2. The average Bonchev–Trinajstić information content (AvgIpc) is 4.46. The van der Waals surface area contributed by atoms with Gasteiger partial charge in [0.05, 0.1) is 48.5 Å². The van der Waals surface area contributed by atoms with E-state index in [1.165, 1.54) is 23.5 Å². The molecule has 2 amide bonds. The summed E-state index contributed by atoms with van der Waals surface area (Å²) in [6, 6.07) is 45.8. The second kappa shape index (κ2) is 17.6. The zero-order valence-electron chi connectivity index (χ0n) is 40.0. The molecule has 0 aliphatic carbocycles. The molecule has 7 aliphatic rings. The van der Waals surface area contributed by atoms with E-state index in [1.54, 1.807) is 9.13 Å². The predicted octanol–water partition coefficient (Wildman–Crippen LogP) is 9.54. The Bertz CT molecular complexity index is 3440. The van der Waals surface area contributed by atoms with Crippen LogP contribution in [0.3, 0.4) is 0 Å². The number of nitrogens with one attached hydrogen (secondary N) is 2. The minimum atomic E-state index is -1.21. The fourth-order valence-corrected chi connectivity index (χ4v) is 16.9. The summed E-state index contributed by atoms with van der Waals surface area (Å²) in [5, 5.41) is 8.52. The predicted molar refractivity (Wildman–Crippen MR) is 287 cm³/mol. The summed E-state index contributed by atoms with van der Waals surface area (Å²) < 4.78 is 10.9. The zero-order chi connectivity index (χ0) is 50.7. The van der Waals surface area contributed by atoms with Gasteiger partial charge >= 0.3 is 0 Å². The van der Waals surface area contributed by atoms with Gasteiger partial charge in [0.25, 0.3) is 23.6 Å². The molecule has 18 heteroatoms. The number of anilines is 2. The molecule has 14 nitrogen and oxygen atoms in total. The largest absolute Gasteiger partial charge is 0.377 e. The minimum Gasteiger partial charge on any atom is -0.377 e. The lowest BCUT2D eigenvalue weighted by Crippen LogP contribution is -2.61. The molecule has 0 radical (unpaired) electrons. The number of amides is 2. The van der Waals surface area contributed by atoms with Crippen LogP contribution in [0.4, 0.5) is 11.4 Å². The summed E-state index contributed by atoms with van der Waals surface area (Å²) in [7, 11) is 3.85. The van der Waals surface area contributed by atoms with E-state index in [0.717, 1.165) is 82.1 Å². The van der Waals surface area contributed by atoms with Gasteiger partial charge < -0.3 is 20.1 Å². The van der Waals surface area contributed by atoms with Crippen LogP contribution in [0.2, 0.25) is 10.0 Å². The fraction of sp³-hybridized carbons (Fsp3) is 0.250. The maximum absolute atomic E-state index is 14.7. The highest BCUT2D eigenvalue weighted by Gasteiger charge is 2.79.